The fourth-order valence-corrected chi connectivity index (χ4v) is 2.25. The van der Waals surface area contributed by atoms with Gasteiger partial charge in [0.05, 0.1) is 10.4 Å². The van der Waals surface area contributed by atoms with Crippen molar-refractivity contribution in [1.82, 2.24) is 4.37 Å². The van der Waals surface area contributed by atoms with Gasteiger partial charge in [-0.25, -0.2) is 0 Å². The number of amidine groups is 1. The zero-order chi connectivity index (χ0) is 10.1. The van der Waals surface area contributed by atoms with Crippen LogP contribution in [0.25, 0.3) is 10.1 Å². The molecular formula is C9H9N3OS. The van der Waals surface area contributed by atoms with Crippen LogP contribution in [0.15, 0.2) is 23.4 Å². The Labute approximate surface area is 84.8 Å². The number of nitrogens with two attached hydrogens (primary N) is 1. The number of nitrogens with zero attached hydrogens (tertiary/aromatic N) is 2. The molecule has 72 valence electrons. The van der Waals surface area contributed by atoms with Crippen molar-refractivity contribution < 1.29 is 5.21 Å². The maximum Gasteiger partial charge on any atom is 0.171 e. The summed E-state index contributed by atoms with van der Waals surface area (Å²) in [5.41, 5.74) is 7.25. The van der Waals surface area contributed by atoms with Crippen LogP contribution in [0.5, 0.6) is 0 Å². The molecule has 0 radical (unpaired) electrons. The Morgan fingerprint density at radius 2 is 2.36 bits per heavy atom. The molecule has 1 aromatic heterocycles. The zero-order valence-electron chi connectivity index (χ0n) is 7.56. The Balaban J connectivity index is 2.78. The van der Waals surface area contributed by atoms with E-state index in [4.69, 9.17) is 10.9 Å². The summed E-state index contributed by atoms with van der Waals surface area (Å²) in [6.07, 6.45) is 0. The first-order chi connectivity index (χ1) is 6.74. The second-order valence-corrected chi connectivity index (χ2v) is 3.71. The maximum atomic E-state index is 8.60. The lowest BCUT2D eigenvalue weighted by Crippen LogP contribution is -2.12. The van der Waals surface area contributed by atoms with E-state index in [1.165, 1.54) is 11.5 Å². The summed E-state index contributed by atoms with van der Waals surface area (Å²) in [5.74, 6) is 0.124. The third-order valence-corrected chi connectivity index (χ3v) is 3.05. The van der Waals surface area contributed by atoms with Gasteiger partial charge in [-0.05, 0) is 24.5 Å². The normalized spacial score (nSPS) is 12.2. The Morgan fingerprint density at radius 1 is 1.57 bits per heavy atom. The molecule has 2 rings (SSSR count). The molecule has 1 heterocycles. The number of hydrogen-bond acceptors (Lipinski definition) is 4. The van der Waals surface area contributed by atoms with E-state index >= 15 is 0 Å². The van der Waals surface area contributed by atoms with Gasteiger partial charge in [-0.3, -0.25) is 0 Å². The van der Waals surface area contributed by atoms with Crippen LogP contribution >= 0.6 is 11.5 Å². The highest BCUT2D eigenvalue weighted by Gasteiger charge is 2.09. The molecule has 0 amide bonds. The van der Waals surface area contributed by atoms with E-state index in [0.29, 0.717) is 0 Å². The fourth-order valence-electron chi connectivity index (χ4n) is 1.34. The topological polar surface area (TPSA) is 71.5 Å². The van der Waals surface area contributed by atoms with Crippen LogP contribution in [0.4, 0.5) is 0 Å². The number of rotatable bonds is 1. The first-order valence-electron chi connectivity index (χ1n) is 4.07. The molecule has 4 nitrogen and oxygen atoms in total. The predicted octanol–water partition coefficient (Wildman–Crippen LogP) is 1.70. The highest BCUT2D eigenvalue weighted by molar-refractivity contribution is 7.13. The molecule has 14 heavy (non-hydrogen) atoms. The van der Waals surface area contributed by atoms with Gasteiger partial charge in [-0.1, -0.05) is 17.3 Å². The van der Waals surface area contributed by atoms with Crippen molar-refractivity contribution >= 4 is 27.5 Å². The molecule has 0 saturated heterocycles. The molecule has 0 bridgehead atoms. The molecule has 2 aromatic rings. The number of benzene rings is 1. The molecule has 5 heteroatoms. The summed E-state index contributed by atoms with van der Waals surface area (Å²) in [6.45, 7) is 1.94. The van der Waals surface area contributed by atoms with E-state index in [1.54, 1.807) is 0 Å². The van der Waals surface area contributed by atoms with Gasteiger partial charge < -0.3 is 10.9 Å². The maximum absolute atomic E-state index is 8.60. The van der Waals surface area contributed by atoms with E-state index in [9.17, 15) is 0 Å². The second kappa shape index (κ2) is 3.26. The van der Waals surface area contributed by atoms with Crippen LogP contribution in [0.2, 0.25) is 0 Å². The van der Waals surface area contributed by atoms with Gasteiger partial charge in [-0.15, -0.1) is 0 Å². The van der Waals surface area contributed by atoms with Crippen LogP contribution in [0, 0.1) is 6.92 Å². The van der Waals surface area contributed by atoms with Crippen LogP contribution in [-0.4, -0.2) is 15.4 Å². The highest BCUT2D eigenvalue weighted by Crippen LogP contribution is 2.25. The number of aryl methyl sites for hydroxylation is 1. The van der Waals surface area contributed by atoms with Crippen molar-refractivity contribution in [3.8, 4) is 0 Å². The quantitative estimate of drug-likeness (QED) is 0.323. The number of aromatic nitrogens is 1. The molecule has 0 aliphatic carbocycles. The summed E-state index contributed by atoms with van der Waals surface area (Å²) in [7, 11) is 0. The van der Waals surface area contributed by atoms with Crippen molar-refractivity contribution in [3.63, 3.8) is 0 Å². The van der Waals surface area contributed by atoms with Crippen molar-refractivity contribution in [3.05, 3.63) is 29.5 Å². The molecule has 0 atom stereocenters. The summed E-state index contributed by atoms with van der Waals surface area (Å²) >= 11 is 1.36. The molecule has 1 aromatic carbocycles. The lowest BCUT2D eigenvalue weighted by Gasteiger charge is -1.98. The van der Waals surface area contributed by atoms with Crippen molar-refractivity contribution in [1.29, 1.82) is 0 Å². The number of hydrogen-bond donors (Lipinski definition) is 2. The lowest BCUT2D eigenvalue weighted by molar-refractivity contribution is 0.318. The van der Waals surface area contributed by atoms with Crippen molar-refractivity contribution in [2.24, 2.45) is 10.9 Å². The molecule has 0 aliphatic heterocycles. The van der Waals surface area contributed by atoms with Gasteiger partial charge >= 0.3 is 0 Å². The van der Waals surface area contributed by atoms with E-state index < -0.39 is 0 Å². The SMILES string of the molecule is Cc1nsc2c(/C(N)=N\O)cccc12. The Hall–Kier alpha value is -1.62. The minimum atomic E-state index is 0.124. The monoisotopic (exact) mass is 207 g/mol. The Bertz CT molecular complexity index is 504. The molecular weight excluding hydrogens is 198 g/mol. The van der Waals surface area contributed by atoms with E-state index in [2.05, 4.69) is 9.53 Å². The van der Waals surface area contributed by atoms with Crippen molar-refractivity contribution in [2.45, 2.75) is 6.92 Å². The summed E-state index contributed by atoms with van der Waals surface area (Å²) in [5, 5.41) is 12.6. The van der Waals surface area contributed by atoms with Gasteiger partial charge in [0.15, 0.2) is 5.84 Å². The Morgan fingerprint density at radius 3 is 3.07 bits per heavy atom. The van der Waals surface area contributed by atoms with E-state index in [0.717, 1.165) is 21.3 Å². The number of fused-ring (bicyclic) bond motifs is 1. The largest absolute Gasteiger partial charge is 0.409 e. The smallest absolute Gasteiger partial charge is 0.171 e. The average Bonchev–Trinajstić information content (AvgIpc) is 2.59. The van der Waals surface area contributed by atoms with Crippen LogP contribution in [0.3, 0.4) is 0 Å². The van der Waals surface area contributed by atoms with Crippen LogP contribution < -0.4 is 5.73 Å². The summed E-state index contributed by atoms with van der Waals surface area (Å²) in [6, 6.07) is 5.66. The minimum Gasteiger partial charge on any atom is -0.409 e. The highest BCUT2D eigenvalue weighted by atomic mass is 32.1. The van der Waals surface area contributed by atoms with E-state index in [-0.39, 0.29) is 5.84 Å². The Kier molecular flexibility index (Phi) is 2.09. The molecule has 0 fully saturated rings. The molecule has 0 unspecified atom stereocenters. The lowest BCUT2D eigenvalue weighted by atomic mass is 10.1. The molecule has 0 spiro atoms. The molecule has 0 saturated carbocycles. The first kappa shape index (κ1) is 8.96. The molecule has 0 aliphatic rings. The van der Waals surface area contributed by atoms with Gasteiger partial charge in [0.2, 0.25) is 0 Å². The fraction of sp³-hybridized carbons (Fsp3) is 0.111. The predicted molar refractivity (Wildman–Crippen MR) is 56.9 cm³/mol. The third-order valence-electron chi connectivity index (χ3n) is 2.06. The first-order valence-corrected chi connectivity index (χ1v) is 4.84. The van der Waals surface area contributed by atoms with Crippen LogP contribution in [-0.2, 0) is 0 Å². The van der Waals surface area contributed by atoms with Crippen molar-refractivity contribution in [2.75, 3.05) is 0 Å². The van der Waals surface area contributed by atoms with Crippen LogP contribution in [0.1, 0.15) is 11.3 Å². The zero-order valence-corrected chi connectivity index (χ0v) is 8.38. The minimum absolute atomic E-state index is 0.124. The average molecular weight is 207 g/mol. The van der Waals surface area contributed by atoms with Gasteiger partial charge in [-0.2, -0.15) is 4.37 Å². The number of oxime groups is 1. The van der Waals surface area contributed by atoms with Gasteiger partial charge in [0.1, 0.15) is 0 Å². The second-order valence-electron chi connectivity index (χ2n) is 2.94. The van der Waals surface area contributed by atoms with Gasteiger partial charge in [0, 0.05) is 10.9 Å². The third kappa shape index (κ3) is 1.22. The molecule has 3 N–H and O–H groups in total. The standard InChI is InChI=1S/C9H9N3OS/c1-5-6-3-2-4-7(9(10)11-13)8(6)14-12-5/h2-4,13H,1H3,(H2,10,11). The summed E-state index contributed by atoms with van der Waals surface area (Å²) in [4.78, 5) is 0. The van der Waals surface area contributed by atoms with Gasteiger partial charge in [0.25, 0.3) is 0 Å². The summed E-state index contributed by atoms with van der Waals surface area (Å²) < 4.78 is 5.18. The van der Waals surface area contributed by atoms with E-state index in [1.807, 2.05) is 25.1 Å².